The molecule has 4 nitrogen and oxygen atoms in total. The summed E-state index contributed by atoms with van der Waals surface area (Å²) in [6, 6.07) is 32.2. The second kappa shape index (κ2) is 9.92. The van der Waals surface area contributed by atoms with Gasteiger partial charge in [0, 0.05) is 18.7 Å². The Kier molecular flexibility index (Phi) is 6.61. The van der Waals surface area contributed by atoms with Gasteiger partial charge in [0.1, 0.15) is 5.82 Å². The maximum atomic E-state index is 12.6. The highest BCUT2D eigenvalue weighted by Crippen LogP contribution is 2.23. The predicted molar refractivity (Wildman–Crippen MR) is 131 cm³/mol. The van der Waals surface area contributed by atoms with E-state index in [1.807, 2.05) is 62.4 Å². The molecule has 0 bridgehead atoms. The molecule has 160 valence electrons. The topological polar surface area (TPSA) is 45.2 Å². The summed E-state index contributed by atoms with van der Waals surface area (Å²) in [4.78, 5) is 19.7. The van der Waals surface area contributed by atoms with Crippen LogP contribution in [0.2, 0.25) is 0 Å². The third-order valence-corrected chi connectivity index (χ3v) is 5.39. The molecule has 1 amide bonds. The van der Waals surface area contributed by atoms with Crippen molar-refractivity contribution in [3.63, 3.8) is 0 Å². The summed E-state index contributed by atoms with van der Waals surface area (Å²) in [5.41, 5.74) is 5.71. The van der Waals surface area contributed by atoms with E-state index in [0.29, 0.717) is 5.56 Å². The SMILES string of the molecule is Cc1ccc(C(=O)Nc2ccc(N(Cc3ccccc3)Cc3ccccc3)nc2C)cc1. The number of pyridine rings is 1. The molecular weight excluding hydrogens is 394 g/mol. The van der Waals surface area contributed by atoms with Crippen LogP contribution in [0.5, 0.6) is 0 Å². The van der Waals surface area contributed by atoms with Gasteiger partial charge in [0.2, 0.25) is 0 Å². The van der Waals surface area contributed by atoms with Crippen LogP contribution in [0.1, 0.15) is 32.7 Å². The van der Waals surface area contributed by atoms with Crippen LogP contribution >= 0.6 is 0 Å². The maximum Gasteiger partial charge on any atom is 0.255 e. The standard InChI is InChI=1S/C28H27N3O/c1-21-13-15-25(16-14-21)28(32)30-26-17-18-27(29-22(26)2)31(19-23-9-5-3-6-10-23)20-24-11-7-4-8-12-24/h3-18H,19-20H2,1-2H3,(H,30,32). The Morgan fingerprint density at radius 2 is 1.31 bits per heavy atom. The lowest BCUT2D eigenvalue weighted by Gasteiger charge is -2.25. The van der Waals surface area contributed by atoms with E-state index in [1.165, 1.54) is 11.1 Å². The summed E-state index contributed by atoms with van der Waals surface area (Å²) in [5, 5.41) is 2.99. The molecule has 1 N–H and O–H groups in total. The van der Waals surface area contributed by atoms with Crippen molar-refractivity contribution in [2.45, 2.75) is 26.9 Å². The van der Waals surface area contributed by atoms with Gasteiger partial charge in [-0.3, -0.25) is 4.79 Å². The van der Waals surface area contributed by atoms with Gasteiger partial charge in [-0.1, -0.05) is 78.4 Å². The minimum Gasteiger partial charge on any atom is -0.348 e. The Balaban J connectivity index is 1.56. The second-order valence-electron chi connectivity index (χ2n) is 7.95. The zero-order chi connectivity index (χ0) is 22.3. The zero-order valence-corrected chi connectivity index (χ0v) is 18.5. The molecule has 0 fully saturated rings. The summed E-state index contributed by atoms with van der Waals surface area (Å²) >= 11 is 0. The van der Waals surface area contributed by atoms with Crippen molar-refractivity contribution in [2.24, 2.45) is 0 Å². The first-order valence-corrected chi connectivity index (χ1v) is 10.8. The van der Waals surface area contributed by atoms with E-state index in [2.05, 4.69) is 58.7 Å². The van der Waals surface area contributed by atoms with Gasteiger partial charge in [-0.15, -0.1) is 0 Å². The molecule has 0 aliphatic heterocycles. The molecule has 4 aromatic rings. The summed E-state index contributed by atoms with van der Waals surface area (Å²) in [6.45, 7) is 5.43. The Morgan fingerprint density at radius 3 is 1.84 bits per heavy atom. The molecule has 0 unspecified atom stereocenters. The quantitative estimate of drug-likeness (QED) is 0.389. The first kappa shape index (κ1) is 21.3. The Morgan fingerprint density at radius 1 is 0.750 bits per heavy atom. The lowest BCUT2D eigenvalue weighted by Crippen LogP contribution is -2.23. The van der Waals surface area contributed by atoms with Crippen molar-refractivity contribution in [1.82, 2.24) is 4.98 Å². The number of anilines is 2. The van der Waals surface area contributed by atoms with Crippen molar-refractivity contribution < 1.29 is 4.79 Å². The van der Waals surface area contributed by atoms with E-state index < -0.39 is 0 Å². The molecule has 1 aromatic heterocycles. The van der Waals surface area contributed by atoms with Crippen molar-refractivity contribution in [1.29, 1.82) is 0 Å². The average Bonchev–Trinajstić information content (AvgIpc) is 2.82. The van der Waals surface area contributed by atoms with Gasteiger partial charge in [0.15, 0.2) is 0 Å². The van der Waals surface area contributed by atoms with Crippen LogP contribution in [-0.4, -0.2) is 10.9 Å². The fourth-order valence-corrected chi connectivity index (χ4v) is 3.58. The third-order valence-electron chi connectivity index (χ3n) is 5.39. The fraction of sp³-hybridized carbons (Fsp3) is 0.143. The first-order chi connectivity index (χ1) is 15.6. The molecule has 4 heteroatoms. The van der Waals surface area contributed by atoms with Crippen LogP contribution in [0.25, 0.3) is 0 Å². The van der Waals surface area contributed by atoms with E-state index in [9.17, 15) is 4.79 Å². The highest BCUT2D eigenvalue weighted by molar-refractivity contribution is 6.04. The Labute approximate surface area is 189 Å². The molecule has 0 radical (unpaired) electrons. The molecule has 1 heterocycles. The largest absolute Gasteiger partial charge is 0.348 e. The number of amides is 1. The van der Waals surface area contributed by atoms with Crippen molar-refractivity contribution in [3.05, 3.63) is 125 Å². The molecule has 0 saturated heterocycles. The van der Waals surface area contributed by atoms with Gasteiger partial charge in [-0.25, -0.2) is 4.98 Å². The fourth-order valence-electron chi connectivity index (χ4n) is 3.58. The van der Waals surface area contributed by atoms with Crippen molar-refractivity contribution in [3.8, 4) is 0 Å². The summed E-state index contributed by atoms with van der Waals surface area (Å²) in [5.74, 6) is 0.747. The molecule has 0 spiro atoms. The van der Waals surface area contributed by atoms with Gasteiger partial charge in [-0.2, -0.15) is 0 Å². The van der Waals surface area contributed by atoms with Crippen molar-refractivity contribution in [2.75, 3.05) is 10.2 Å². The van der Waals surface area contributed by atoms with Gasteiger partial charge in [-0.05, 0) is 49.2 Å². The second-order valence-corrected chi connectivity index (χ2v) is 7.95. The summed E-state index contributed by atoms with van der Waals surface area (Å²) in [6.07, 6.45) is 0. The van der Waals surface area contributed by atoms with E-state index in [1.54, 1.807) is 0 Å². The van der Waals surface area contributed by atoms with Gasteiger partial charge < -0.3 is 10.2 Å². The van der Waals surface area contributed by atoms with Crippen LogP contribution in [0.15, 0.2) is 97.1 Å². The number of benzene rings is 3. The normalized spacial score (nSPS) is 10.6. The van der Waals surface area contributed by atoms with E-state index in [4.69, 9.17) is 4.98 Å². The number of aryl methyl sites for hydroxylation is 2. The maximum absolute atomic E-state index is 12.6. The minimum absolute atomic E-state index is 0.131. The van der Waals surface area contributed by atoms with Gasteiger partial charge in [0.05, 0.1) is 11.4 Å². The Bertz CT molecular complexity index is 1130. The summed E-state index contributed by atoms with van der Waals surface area (Å²) < 4.78 is 0. The number of carbonyl (C=O) groups excluding carboxylic acids is 1. The molecule has 4 rings (SSSR count). The number of nitrogens with one attached hydrogen (secondary N) is 1. The summed E-state index contributed by atoms with van der Waals surface area (Å²) in [7, 11) is 0. The van der Waals surface area contributed by atoms with Crippen LogP contribution in [-0.2, 0) is 13.1 Å². The predicted octanol–water partition coefficient (Wildman–Crippen LogP) is 6.16. The number of nitrogens with zero attached hydrogens (tertiary/aromatic N) is 2. The third kappa shape index (κ3) is 5.41. The van der Waals surface area contributed by atoms with Crippen LogP contribution < -0.4 is 10.2 Å². The highest BCUT2D eigenvalue weighted by Gasteiger charge is 2.13. The number of hydrogen-bond donors (Lipinski definition) is 1. The number of carbonyl (C=O) groups is 1. The van der Waals surface area contributed by atoms with E-state index in [0.717, 1.165) is 35.9 Å². The molecule has 32 heavy (non-hydrogen) atoms. The number of hydrogen-bond acceptors (Lipinski definition) is 3. The van der Waals surface area contributed by atoms with Crippen molar-refractivity contribution >= 4 is 17.4 Å². The molecule has 0 aliphatic rings. The molecule has 0 aliphatic carbocycles. The molecule has 3 aromatic carbocycles. The van der Waals surface area contributed by atoms with E-state index in [-0.39, 0.29) is 5.91 Å². The van der Waals surface area contributed by atoms with E-state index >= 15 is 0 Å². The monoisotopic (exact) mass is 421 g/mol. The van der Waals surface area contributed by atoms with Crippen LogP contribution in [0.4, 0.5) is 11.5 Å². The number of rotatable bonds is 7. The molecule has 0 saturated carbocycles. The highest BCUT2D eigenvalue weighted by atomic mass is 16.1. The van der Waals surface area contributed by atoms with Crippen LogP contribution in [0.3, 0.4) is 0 Å². The van der Waals surface area contributed by atoms with Crippen LogP contribution in [0, 0.1) is 13.8 Å². The lowest BCUT2D eigenvalue weighted by molar-refractivity contribution is 0.102. The minimum atomic E-state index is -0.131. The Hall–Kier alpha value is -3.92. The molecule has 0 atom stereocenters. The average molecular weight is 422 g/mol. The first-order valence-electron chi connectivity index (χ1n) is 10.8. The van der Waals surface area contributed by atoms with Gasteiger partial charge >= 0.3 is 0 Å². The smallest absolute Gasteiger partial charge is 0.255 e. The zero-order valence-electron chi connectivity index (χ0n) is 18.5. The number of aromatic nitrogens is 1. The molecular formula is C28H27N3O. The van der Waals surface area contributed by atoms with Gasteiger partial charge in [0.25, 0.3) is 5.91 Å². The lowest BCUT2D eigenvalue weighted by atomic mass is 10.1.